The summed E-state index contributed by atoms with van der Waals surface area (Å²) in [5.74, 6) is -2.81. The Morgan fingerprint density at radius 2 is 1.20 bits per heavy atom. The van der Waals surface area contributed by atoms with Crippen molar-refractivity contribution in [3.05, 3.63) is 52.6 Å². The van der Waals surface area contributed by atoms with Gasteiger partial charge >= 0.3 is 11.9 Å². The van der Waals surface area contributed by atoms with Crippen molar-refractivity contribution in [3.8, 4) is 0 Å². The Morgan fingerprint density at radius 1 is 0.711 bits per heavy atom. The van der Waals surface area contributed by atoms with Crippen molar-refractivity contribution >= 4 is 29.4 Å². The lowest BCUT2D eigenvalue weighted by Crippen LogP contribution is -2.40. The highest BCUT2D eigenvalue weighted by atomic mass is 16.6. The van der Waals surface area contributed by atoms with Gasteiger partial charge in [0.05, 0.1) is 83.3 Å². The molecular weight excluding hydrogens is 594 g/mol. The van der Waals surface area contributed by atoms with Crippen LogP contribution in [0.3, 0.4) is 0 Å². The summed E-state index contributed by atoms with van der Waals surface area (Å²) in [6.07, 6.45) is 2.92. The van der Waals surface area contributed by atoms with Crippen molar-refractivity contribution in [3.63, 3.8) is 0 Å². The van der Waals surface area contributed by atoms with Gasteiger partial charge in [-0.3, -0.25) is 9.59 Å². The van der Waals surface area contributed by atoms with E-state index in [0.29, 0.717) is 52.9 Å². The summed E-state index contributed by atoms with van der Waals surface area (Å²) in [6, 6.07) is 3.14. The van der Waals surface area contributed by atoms with E-state index in [4.69, 9.17) is 49.4 Å². The number of hydrogen-bond donors (Lipinski definition) is 3. The van der Waals surface area contributed by atoms with E-state index in [2.05, 4.69) is 5.32 Å². The summed E-state index contributed by atoms with van der Waals surface area (Å²) in [5, 5.41) is 2.73. The van der Waals surface area contributed by atoms with Crippen LogP contribution in [0.5, 0.6) is 0 Å². The molecule has 0 fully saturated rings. The summed E-state index contributed by atoms with van der Waals surface area (Å²) in [5.41, 5.74) is 11.6. The van der Waals surface area contributed by atoms with Crippen LogP contribution in [0.4, 0.5) is 5.69 Å². The topological polar surface area (TPSA) is 206 Å². The first kappa shape index (κ1) is 37.3. The van der Waals surface area contributed by atoms with Gasteiger partial charge in [-0.1, -0.05) is 6.08 Å². The Labute approximate surface area is 262 Å². The van der Waals surface area contributed by atoms with Crippen molar-refractivity contribution in [1.82, 2.24) is 5.32 Å². The summed E-state index contributed by atoms with van der Waals surface area (Å²) in [4.78, 5) is 50.5. The van der Waals surface area contributed by atoms with Gasteiger partial charge in [-0.15, -0.1) is 0 Å². The first-order valence-electron chi connectivity index (χ1n) is 14.3. The normalized spacial score (nSPS) is 14.3. The fraction of sp³-hybridized carbons (Fsp3) is 0.533. The highest BCUT2D eigenvalue weighted by Gasteiger charge is 2.29. The molecule has 1 aromatic carbocycles. The van der Waals surface area contributed by atoms with Crippen LogP contribution in [0.25, 0.3) is 0 Å². The minimum absolute atomic E-state index is 0.0178. The van der Waals surface area contributed by atoms with Crippen molar-refractivity contribution in [2.75, 3.05) is 99.2 Å². The van der Waals surface area contributed by atoms with E-state index in [-0.39, 0.29) is 60.8 Å². The van der Waals surface area contributed by atoms with E-state index in [0.717, 1.165) is 0 Å². The molecular formula is C30H43N3O12. The van der Waals surface area contributed by atoms with Crippen LogP contribution in [0.2, 0.25) is 0 Å². The highest BCUT2D eigenvalue weighted by molar-refractivity contribution is 6.02. The number of primary amides is 1. The fourth-order valence-electron chi connectivity index (χ4n) is 3.83. The van der Waals surface area contributed by atoms with E-state index < -0.39 is 29.8 Å². The monoisotopic (exact) mass is 637 g/mol. The number of carbonyl (C=O) groups excluding carboxylic acids is 4. The first-order chi connectivity index (χ1) is 21.8. The predicted octanol–water partition coefficient (Wildman–Crippen LogP) is 0.168. The van der Waals surface area contributed by atoms with Gasteiger partial charge in [0.25, 0.3) is 5.91 Å². The lowest BCUT2D eigenvalue weighted by molar-refractivity contribution is -0.141. The molecule has 1 aromatic rings. The molecule has 0 aliphatic heterocycles. The number of nitrogens with two attached hydrogens (primary N) is 2. The number of nitrogen functional groups attached to an aromatic ring is 1. The molecule has 15 nitrogen and oxygen atoms in total. The minimum Gasteiger partial charge on any atom is -0.460 e. The van der Waals surface area contributed by atoms with E-state index in [1.807, 2.05) is 0 Å². The third-order valence-electron chi connectivity index (χ3n) is 6.07. The number of carbonyl (C=O) groups is 4. The molecule has 2 amide bonds. The maximum absolute atomic E-state index is 13.1. The number of methoxy groups -OCH3 is 2. The number of rotatable bonds is 23. The molecule has 1 aliphatic carbocycles. The SMILES string of the molecule is COCCOCCOCCOC(=O)C1=CCC(NC(=O)c2cc(N)cc(C(N)=O)c2)C(C(=O)OCCOCCOCCOC)=C1. The number of esters is 2. The number of nitrogens with one attached hydrogen (secondary N) is 1. The summed E-state index contributed by atoms with van der Waals surface area (Å²) >= 11 is 0. The van der Waals surface area contributed by atoms with Crippen LogP contribution in [0, 0.1) is 0 Å². The number of ether oxygens (including phenoxy) is 8. The lowest BCUT2D eigenvalue weighted by atomic mass is 9.93. The zero-order valence-corrected chi connectivity index (χ0v) is 25.7. The maximum atomic E-state index is 13.1. The van der Waals surface area contributed by atoms with E-state index in [9.17, 15) is 19.2 Å². The van der Waals surface area contributed by atoms with E-state index in [1.165, 1.54) is 30.4 Å². The zero-order chi connectivity index (χ0) is 32.9. The van der Waals surface area contributed by atoms with Gasteiger partial charge in [0.1, 0.15) is 13.2 Å². The van der Waals surface area contributed by atoms with Crippen molar-refractivity contribution in [2.45, 2.75) is 12.5 Å². The Balaban J connectivity index is 1.99. The first-order valence-corrected chi connectivity index (χ1v) is 14.3. The smallest absolute Gasteiger partial charge is 0.337 e. The third-order valence-corrected chi connectivity index (χ3v) is 6.07. The second-order valence-electron chi connectivity index (χ2n) is 9.44. The quantitative estimate of drug-likeness (QED) is 0.0832. The largest absolute Gasteiger partial charge is 0.460 e. The summed E-state index contributed by atoms with van der Waals surface area (Å²) < 4.78 is 41.8. The average Bonchev–Trinajstić information content (AvgIpc) is 3.02. The average molecular weight is 638 g/mol. The third kappa shape index (κ3) is 14.6. The molecule has 0 saturated carbocycles. The molecule has 0 radical (unpaired) electrons. The molecule has 1 unspecified atom stereocenters. The van der Waals surface area contributed by atoms with Gasteiger partial charge in [-0.25, -0.2) is 9.59 Å². The summed E-state index contributed by atoms with van der Waals surface area (Å²) in [6.45, 7) is 3.32. The molecule has 45 heavy (non-hydrogen) atoms. The molecule has 0 spiro atoms. The van der Waals surface area contributed by atoms with Gasteiger partial charge in [-0.2, -0.15) is 0 Å². The molecule has 5 N–H and O–H groups in total. The van der Waals surface area contributed by atoms with Crippen molar-refractivity contribution in [1.29, 1.82) is 0 Å². The predicted molar refractivity (Wildman–Crippen MR) is 160 cm³/mol. The standard InChI is InChI=1S/C30H43N3O12/c1-38-5-7-40-9-11-42-13-15-44-29(36)21-3-4-26(33-28(35)23-17-22(27(32)34)18-24(31)19-23)25(20-21)30(37)45-16-14-43-12-10-41-8-6-39-2/h3,17-20,26H,4-16,31H2,1-2H3,(H2,32,34)(H,33,35). The minimum atomic E-state index is -0.864. The lowest BCUT2D eigenvalue weighted by Gasteiger charge is -2.24. The Morgan fingerprint density at radius 3 is 1.73 bits per heavy atom. The highest BCUT2D eigenvalue weighted by Crippen LogP contribution is 2.22. The number of anilines is 1. The number of amides is 2. The van der Waals surface area contributed by atoms with E-state index in [1.54, 1.807) is 14.2 Å². The van der Waals surface area contributed by atoms with Gasteiger partial charge in [0.2, 0.25) is 5.91 Å². The van der Waals surface area contributed by atoms with Crippen LogP contribution in [0.15, 0.2) is 41.5 Å². The molecule has 1 atom stereocenters. The molecule has 0 saturated heterocycles. The Kier molecular flexibility index (Phi) is 18.1. The molecule has 250 valence electrons. The van der Waals surface area contributed by atoms with Gasteiger partial charge in [-0.05, 0) is 30.7 Å². The fourth-order valence-corrected chi connectivity index (χ4v) is 3.83. The van der Waals surface area contributed by atoms with Crippen molar-refractivity contribution in [2.24, 2.45) is 5.73 Å². The molecule has 15 heteroatoms. The molecule has 0 heterocycles. The molecule has 1 aliphatic rings. The second-order valence-corrected chi connectivity index (χ2v) is 9.44. The van der Waals surface area contributed by atoms with Crippen LogP contribution < -0.4 is 16.8 Å². The molecule has 0 bridgehead atoms. The maximum Gasteiger partial charge on any atom is 0.337 e. The van der Waals surface area contributed by atoms with Gasteiger partial charge in [0.15, 0.2) is 0 Å². The molecule has 2 rings (SSSR count). The van der Waals surface area contributed by atoms with Crippen molar-refractivity contribution < 1.29 is 57.1 Å². The van der Waals surface area contributed by atoms with Crippen LogP contribution in [-0.2, 0) is 47.5 Å². The second kappa shape index (κ2) is 21.8. The van der Waals surface area contributed by atoms with Gasteiger partial charge < -0.3 is 54.7 Å². The van der Waals surface area contributed by atoms with Crippen LogP contribution in [0.1, 0.15) is 27.1 Å². The van der Waals surface area contributed by atoms with E-state index >= 15 is 0 Å². The Bertz CT molecular complexity index is 1170. The number of hydrogen-bond acceptors (Lipinski definition) is 13. The molecule has 0 aromatic heterocycles. The summed E-state index contributed by atoms with van der Waals surface area (Å²) in [7, 11) is 3.15. The number of benzene rings is 1. The zero-order valence-electron chi connectivity index (χ0n) is 25.7. The Hall–Kier alpha value is -3.86. The van der Waals surface area contributed by atoms with Gasteiger partial charge in [0, 0.05) is 31.0 Å². The van der Waals surface area contributed by atoms with Crippen LogP contribution >= 0.6 is 0 Å². The van der Waals surface area contributed by atoms with Crippen LogP contribution in [-0.4, -0.2) is 123 Å².